The van der Waals surface area contributed by atoms with Crippen molar-refractivity contribution in [1.29, 1.82) is 0 Å². The summed E-state index contributed by atoms with van der Waals surface area (Å²) in [4.78, 5) is 11.4. The van der Waals surface area contributed by atoms with Crippen LogP contribution in [0.2, 0.25) is 5.02 Å². The lowest BCUT2D eigenvalue weighted by Gasteiger charge is -2.27. The molecule has 0 bridgehead atoms. The van der Waals surface area contributed by atoms with Gasteiger partial charge in [0.25, 0.3) is 0 Å². The Morgan fingerprint density at radius 2 is 2.24 bits per heavy atom. The molecule has 0 heterocycles. The zero-order chi connectivity index (χ0) is 13.1. The third-order valence-corrected chi connectivity index (χ3v) is 3.43. The standard InChI is InChI=1S/C12H15BrClNO2/c1-3-6-15-12(2,11(16)17)9-5-4-8(13)7-10(9)14/h4-5,7,15H,3,6H2,1-2H3,(H,16,17). The fraction of sp³-hybridized carbons (Fsp3) is 0.417. The van der Waals surface area contributed by atoms with Gasteiger partial charge in [-0.25, -0.2) is 4.79 Å². The van der Waals surface area contributed by atoms with Crippen molar-refractivity contribution in [3.63, 3.8) is 0 Å². The van der Waals surface area contributed by atoms with Gasteiger partial charge in [0, 0.05) is 15.1 Å². The highest BCUT2D eigenvalue weighted by Crippen LogP contribution is 2.30. The topological polar surface area (TPSA) is 49.3 Å². The number of halogens is 2. The van der Waals surface area contributed by atoms with Crippen molar-refractivity contribution < 1.29 is 9.90 Å². The largest absolute Gasteiger partial charge is 0.480 e. The van der Waals surface area contributed by atoms with Gasteiger partial charge in [-0.1, -0.05) is 40.5 Å². The molecule has 3 nitrogen and oxygen atoms in total. The summed E-state index contributed by atoms with van der Waals surface area (Å²) in [6.45, 7) is 4.23. The summed E-state index contributed by atoms with van der Waals surface area (Å²) in [5.74, 6) is -0.935. The number of carbonyl (C=O) groups is 1. The summed E-state index contributed by atoms with van der Waals surface area (Å²) < 4.78 is 0.828. The highest BCUT2D eigenvalue weighted by atomic mass is 79.9. The Kier molecular flexibility index (Phi) is 4.98. The van der Waals surface area contributed by atoms with E-state index in [0.717, 1.165) is 10.9 Å². The van der Waals surface area contributed by atoms with Gasteiger partial charge in [-0.05, 0) is 32.0 Å². The van der Waals surface area contributed by atoms with Crippen molar-refractivity contribution in [2.75, 3.05) is 6.54 Å². The Labute approximate surface area is 114 Å². The van der Waals surface area contributed by atoms with Gasteiger partial charge in [-0.15, -0.1) is 0 Å². The Morgan fingerprint density at radius 1 is 1.59 bits per heavy atom. The van der Waals surface area contributed by atoms with Crippen molar-refractivity contribution in [2.45, 2.75) is 25.8 Å². The maximum absolute atomic E-state index is 11.4. The first kappa shape index (κ1) is 14.5. The van der Waals surface area contributed by atoms with E-state index in [4.69, 9.17) is 11.6 Å². The van der Waals surface area contributed by atoms with Crippen LogP contribution >= 0.6 is 27.5 Å². The molecule has 1 unspecified atom stereocenters. The Morgan fingerprint density at radius 3 is 2.71 bits per heavy atom. The molecule has 0 fully saturated rings. The molecule has 2 N–H and O–H groups in total. The third kappa shape index (κ3) is 3.21. The summed E-state index contributed by atoms with van der Waals surface area (Å²) in [5.41, 5.74) is -0.586. The fourth-order valence-corrected chi connectivity index (χ4v) is 2.42. The molecule has 94 valence electrons. The molecule has 1 aromatic rings. The number of aliphatic carboxylic acids is 1. The second-order valence-corrected chi connectivity index (χ2v) is 5.30. The predicted molar refractivity (Wildman–Crippen MR) is 72.4 cm³/mol. The molecule has 0 aliphatic heterocycles. The van der Waals surface area contributed by atoms with E-state index in [1.54, 1.807) is 25.1 Å². The first-order valence-electron chi connectivity index (χ1n) is 5.35. The average Bonchev–Trinajstić information content (AvgIpc) is 2.25. The van der Waals surface area contributed by atoms with Crippen molar-refractivity contribution in [1.82, 2.24) is 5.32 Å². The molecular formula is C12H15BrClNO2. The van der Waals surface area contributed by atoms with Crippen LogP contribution < -0.4 is 5.32 Å². The number of carboxylic acids is 1. The van der Waals surface area contributed by atoms with Gasteiger partial charge in [-0.2, -0.15) is 0 Å². The minimum atomic E-state index is -1.16. The van der Waals surface area contributed by atoms with Gasteiger partial charge in [0.15, 0.2) is 0 Å². The SMILES string of the molecule is CCCNC(C)(C(=O)O)c1ccc(Br)cc1Cl. The Bertz CT molecular complexity index is 425. The van der Waals surface area contributed by atoms with Crippen LogP contribution in [0.1, 0.15) is 25.8 Å². The van der Waals surface area contributed by atoms with Crippen LogP contribution in [0.3, 0.4) is 0 Å². The van der Waals surface area contributed by atoms with Crippen LogP contribution in [0.4, 0.5) is 0 Å². The van der Waals surface area contributed by atoms with E-state index < -0.39 is 11.5 Å². The smallest absolute Gasteiger partial charge is 0.328 e. The van der Waals surface area contributed by atoms with Crippen LogP contribution in [-0.4, -0.2) is 17.6 Å². The lowest BCUT2D eigenvalue weighted by Crippen LogP contribution is -2.47. The fourth-order valence-electron chi connectivity index (χ4n) is 1.56. The molecule has 1 aromatic carbocycles. The quantitative estimate of drug-likeness (QED) is 0.874. The van der Waals surface area contributed by atoms with Crippen molar-refractivity contribution in [3.05, 3.63) is 33.3 Å². The first-order chi connectivity index (χ1) is 7.91. The van der Waals surface area contributed by atoms with E-state index in [0.29, 0.717) is 17.1 Å². The maximum atomic E-state index is 11.4. The van der Waals surface area contributed by atoms with Gasteiger partial charge >= 0.3 is 5.97 Å². The highest BCUT2D eigenvalue weighted by Gasteiger charge is 2.36. The van der Waals surface area contributed by atoms with Crippen molar-refractivity contribution >= 4 is 33.5 Å². The molecule has 0 amide bonds. The molecule has 0 aliphatic rings. The monoisotopic (exact) mass is 319 g/mol. The first-order valence-corrected chi connectivity index (χ1v) is 6.53. The molecular weight excluding hydrogens is 305 g/mol. The normalized spacial score (nSPS) is 14.4. The van der Waals surface area contributed by atoms with Gasteiger partial charge in [0.2, 0.25) is 0 Å². The van der Waals surface area contributed by atoms with E-state index in [-0.39, 0.29) is 0 Å². The number of nitrogens with one attached hydrogen (secondary N) is 1. The second kappa shape index (κ2) is 5.85. The van der Waals surface area contributed by atoms with Gasteiger partial charge in [-0.3, -0.25) is 5.32 Å². The Balaban J connectivity index is 3.17. The molecule has 0 aliphatic carbocycles. The molecule has 1 atom stereocenters. The molecule has 0 aromatic heterocycles. The maximum Gasteiger partial charge on any atom is 0.328 e. The molecule has 1 rings (SSSR count). The molecule has 0 radical (unpaired) electrons. The molecule has 0 saturated carbocycles. The van der Waals surface area contributed by atoms with Crippen LogP contribution in [0.25, 0.3) is 0 Å². The van der Waals surface area contributed by atoms with E-state index >= 15 is 0 Å². The number of rotatable bonds is 5. The van der Waals surface area contributed by atoms with Gasteiger partial charge in [0.1, 0.15) is 5.54 Å². The number of hydrogen-bond acceptors (Lipinski definition) is 2. The van der Waals surface area contributed by atoms with E-state index in [2.05, 4.69) is 21.2 Å². The summed E-state index contributed by atoms with van der Waals surface area (Å²) in [5, 5.41) is 12.8. The lowest BCUT2D eigenvalue weighted by molar-refractivity contribution is -0.144. The zero-order valence-electron chi connectivity index (χ0n) is 9.76. The minimum absolute atomic E-state index is 0.438. The number of benzene rings is 1. The third-order valence-electron chi connectivity index (χ3n) is 2.63. The number of hydrogen-bond donors (Lipinski definition) is 2. The van der Waals surface area contributed by atoms with Crippen molar-refractivity contribution in [3.8, 4) is 0 Å². The average molecular weight is 321 g/mol. The second-order valence-electron chi connectivity index (χ2n) is 3.98. The molecule has 0 saturated heterocycles. The van der Waals surface area contributed by atoms with E-state index in [1.165, 1.54) is 0 Å². The van der Waals surface area contributed by atoms with Gasteiger partial charge in [0.05, 0.1) is 0 Å². The molecule has 0 spiro atoms. The highest BCUT2D eigenvalue weighted by molar-refractivity contribution is 9.10. The molecule has 5 heteroatoms. The predicted octanol–water partition coefficient (Wildman–Crippen LogP) is 3.40. The summed E-state index contributed by atoms with van der Waals surface area (Å²) in [7, 11) is 0. The lowest BCUT2D eigenvalue weighted by atomic mass is 9.92. The van der Waals surface area contributed by atoms with Crippen LogP contribution in [0, 0.1) is 0 Å². The summed E-state index contributed by atoms with van der Waals surface area (Å²) in [6.07, 6.45) is 0.858. The van der Waals surface area contributed by atoms with Crippen LogP contribution in [-0.2, 0) is 10.3 Å². The summed E-state index contributed by atoms with van der Waals surface area (Å²) >= 11 is 9.40. The van der Waals surface area contributed by atoms with E-state index in [1.807, 2.05) is 6.92 Å². The van der Waals surface area contributed by atoms with Crippen molar-refractivity contribution in [2.24, 2.45) is 0 Å². The van der Waals surface area contributed by atoms with Gasteiger partial charge < -0.3 is 5.11 Å². The zero-order valence-corrected chi connectivity index (χ0v) is 12.1. The van der Waals surface area contributed by atoms with E-state index in [9.17, 15) is 9.90 Å². The minimum Gasteiger partial charge on any atom is -0.480 e. The van der Waals surface area contributed by atoms with Crippen LogP contribution in [0.15, 0.2) is 22.7 Å². The Hall–Kier alpha value is -0.580. The number of carboxylic acid groups (broad SMARTS) is 1. The molecule has 17 heavy (non-hydrogen) atoms. The summed E-state index contributed by atoms with van der Waals surface area (Å²) in [6, 6.07) is 5.21. The van der Waals surface area contributed by atoms with Crippen LogP contribution in [0.5, 0.6) is 0 Å².